The molecule has 1 atom stereocenters. The average Bonchev–Trinajstić information content (AvgIpc) is 2.52. The number of nitrogens with two attached hydrogens (primary N) is 2. The van der Waals surface area contributed by atoms with E-state index in [0.29, 0.717) is 6.54 Å². The molecule has 0 fully saturated rings. The number of aryl methyl sites for hydroxylation is 1. The van der Waals surface area contributed by atoms with Gasteiger partial charge in [0.15, 0.2) is 0 Å². The SMILES string of the molecule is Cc1c(C(N)CN)c2ccccc2n1C. The first-order valence-electron chi connectivity index (χ1n) is 5.16. The second kappa shape index (κ2) is 3.68. The molecule has 80 valence electrons. The molecule has 3 heteroatoms. The molecule has 3 nitrogen and oxygen atoms in total. The molecule has 0 bridgehead atoms. The van der Waals surface area contributed by atoms with Crippen LogP contribution < -0.4 is 11.5 Å². The summed E-state index contributed by atoms with van der Waals surface area (Å²) < 4.78 is 2.17. The van der Waals surface area contributed by atoms with E-state index >= 15 is 0 Å². The Morgan fingerprint density at radius 3 is 2.67 bits per heavy atom. The van der Waals surface area contributed by atoms with E-state index in [-0.39, 0.29) is 6.04 Å². The van der Waals surface area contributed by atoms with Crippen LogP contribution in [0.25, 0.3) is 10.9 Å². The molecule has 1 heterocycles. The molecule has 2 rings (SSSR count). The van der Waals surface area contributed by atoms with Crippen LogP contribution in [0.4, 0.5) is 0 Å². The zero-order valence-corrected chi connectivity index (χ0v) is 9.20. The van der Waals surface area contributed by atoms with Gasteiger partial charge in [0, 0.05) is 36.2 Å². The molecule has 15 heavy (non-hydrogen) atoms. The Balaban J connectivity index is 2.77. The van der Waals surface area contributed by atoms with Gasteiger partial charge in [-0.1, -0.05) is 18.2 Å². The lowest BCUT2D eigenvalue weighted by Crippen LogP contribution is -2.21. The van der Waals surface area contributed by atoms with Gasteiger partial charge in [-0.25, -0.2) is 0 Å². The monoisotopic (exact) mass is 203 g/mol. The Morgan fingerprint density at radius 1 is 1.33 bits per heavy atom. The van der Waals surface area contributed by atoms with E-state index < -0.39 is 0 Å². The van der Waals surface area contributed by atoms with E-state index in [9.17, 15) is 0 Å². The largest absolute Gasteiger partial charge is 0.348 e. The van der Waals surface area contributed by atoms with E-state index in [4.69, 9.17) is 11.5 Å². The van der Waals surface area contributed by atoms with Gasteiger partial charge in [0.1, 0.15) is 0 Å². The minimum absolute atomic E-state index is 0.0731. The molecule has 1 unspecified atom stereocenters. The summed E-state index contributed by atoms with van der Waals surface area (Å²) in [6.07, 6.45) is 0. The van der Waals surface area contributed by atoms with Crippen molar-refractivity contribution in [3.8, 4) is 0 Å². The Bertz CT molecular complexity index is 485. The van der Waals surface area contributed by atoms with Crippen molar-refractivity contribution in [2.75, 3.05) is 6.54 Å². The van der Waals surface area contributed by atoms with Gasteiger partial charge in [-0.15, -0.1) is 0 Å². The number of aromatic nitrogens is 1. The lowest BCUT2D eigenvalue weighted by Gasteiger charge is -2.09. The van der Waals surface area contributed by atoms with Crippen molar-refractivity contribution >= 4 is 10.9 Å². The van der Waals surface area contributed by atoms with Gasteiger partial charge in [0.05, 0.1) is 0 Å². The maximum Gasteiger partial charge on any atom is 0.0483 e. The Morgan fingerprint density at radius 2 is 2.00 bits per heavy atom. The van der Waals surface area contributed by atoms with Gasteiger partial charge in [-0.05, 0) is 18.6 Å². The predicted molar refractivity (Wildman–Crippen MR) is 63.6 cm³/mol. The molecule has 0 amide bonds. The van der Waals surface area contributed by atoms with Crippen molar-refractivity contribution in [1.29, 1.82) is 0 Å². The summed E-state index contributed by atoms with van der Waals surface area (Å²) in [5.41, 5.74) is 15.3. The fraction of sp³-hybridized carbons (Fsp3) is 0.333. The predicted octanol–water partition coefficient (Wildman–Crippen LogP) is 1.45. The molecule has 0 radical (unpaired) electrons. The van der Waals surface area contributed by atoms with E-state index in [2.05, 4.69) is 30.7 Å². The Kier molecular flexibility index (Phi) is 2.50. The highest BCUT2D eigenvalue weighted by Gasteiger charge is 2.15. The van der Waals surface area contributed by atoms with Crippen LogP contribution in [0, 0.1) is 6.92 Å². The summed E-state index contributed by atoms with van der Waals surface area (Å²) in [4.78, 5) is 0. The summed E-state index contributed by atoms with van der Waals surface area (Å²) in [5.74, 6) is 0. The van der Waals surface area contributed by atoms with E-state index in [0.717, 1.165) is 0 Å². The normalized spacial score (nSPS) is 13.3. The first-order valence-corrected chi connectivity index (χ1v) is 5.16. The summed E-state index contributed by atoms with van der Waals surface area (Å²) in [7, 11) is 2.06. The quantitative estimate of drug-likeness (QED) is 0.776. The molecule has 0 saturated heterocycles. The van der Waals surface area contributed by atoms with Gasteiger partial charge >= 0.3 is 0 Å². The molecule has 4 N–H and O–H groups in total. The van der Waals surface area contributed by atoms with Crippen LogP contribution in [0.2, 0.25) is 0 Å². The molecule has 1 aromatic heterocycles. The second-order valence-electron chi connectivity index (χ2n) is 3.92. The Labute approximate surface area is 89.7 Å². The Hall–Kier alpha value is -1.32. The highest BCUT2D eigenvalue weighted by Crippen LogP contribution is 2.28. The molecule has 0 aliphatic heterocycles. The standard InChI is InChI=1S/C12H17N3/c1-8-12(10(14)7-13)9-5-3-4-6-11(9)15(8)2/h3-6,10H,7,13-14H2,1-2H3. The minimum Gasteiger partial charge on any atom is -0.348 e. The van der Waals surface area contributed by atoms with Gasteiger partial charge in [0.25, 0.3) is 0 Å². The van der Waals surface area contributed by atoms with Gasteiger partial charge < -0.3 is 16.0 Å². The van der Waals surface area contributed by atoms with E-state index in [1.54, 1.807) is 0 Å². The fourth-order valence-corrected chi connectivity index (χ4v) is 2.14. The van der Waals surface area contributed by atoms with E-state index in [1.165, 1.54) is 22.2 Å². The van der Waals surface area contributed by atoms with Crippen LogP contribution in [0.5, 0.6) is 0 Å². The summed E-state index contributed by atoms with van der Waals surface area (Å²) >= 11 is 0. The van der Waals surface area contributed by atoms with Crippen LogP contribution in [-0.4, -0.2) is 11.1 Å². The number of benzene rings is 1. The van der Waals surface area contributed by atoms with Crippen LogP contribution >= 0.6 is 0 Å². The van der Waals surface area contributed by atoms with Crippen LogP contribution in [0.1, 0.15) is 17.3 Å². The first kappa shape index (κ1) is 10.2. The molecule has 0 saturated carbocycles. The first-order chi connectivity index (χ1) is 7.16. The van der Waals surface area contributed by atoms with Crippen LogP contribution in [-0.2, 0) is 7.05 Å². The fourth-order valence-electron chi connectivity index (χ4n) is 2.14. The maximum atomic E-state index is 6.04. The highest BCUT2D eigenvalue weighted by atomic mass is 15.0. The van der Waals surface area contributed by atoms with Crippen molar-refractivity contribution < 1.29 is 0 Å². The minimum atomic E-state index is -0.0731. The highest BCUT2D eigenvalue weighted by molar-refractivity contribution is 5.86. The number of rotatable bonds is 2. The smallest absolute Gasteiger partial charge is 0.0483 e. The second-order valence-corrected chi connectivity index (χ2v) is 3.92. The van der Waals surface area contributed by atoms with Crippen molar-refractivity contribution in [3.63, 3.8) is 0 Å². The molecule has 2 aromatic rings. The maximum absolute atomic E-state index is 6.04. The molecular weight excluding hydrogens is 186 g/mol. The molecule has 0 aliphatic carbocycles. The third-order valence-electron chi connectivity index (χ3n) is 3.07. The number of para-hydroxylation sites is 1. The average molecular weight is 203 g/mol. The molecule has 1 aromatic carbocycles. The van der Waals surface area contributed by atoms with Gasteiger partial charge in [-0.2, -0.15) is 0 Å². The number of nitrogens with zero attached hydrogens (tertiary/aromatic N) is 1. The topological polar surface area (TPSA) is 57.0 Å². The molecular formula is C12H17N3. The van der Waals surface area contributed by atoms with Gasteiger partial charge in [0.2, 0.25) is 0 Å². The third kappa shape index (κ3) is 1.44. The summed E-state index contributed by atoms with van der Waals surface area (Å²) in [6.45, 7) is 2.57. The zero-order chi connectivity index (χ0) is 11.0. The lowest BCUT2D eigenvalue weighted by molar-refractivity contribution is 0.728. The summed E-state index contributed by atoms with van der Waals surface area (Å²) in [6, 6.07) is 8.21. The van der Waals surface area contributed by atoms with Crippen molar-refractivity contribution in [2.24, 2.45) is 18.5 Å². The van der Waals surface area contributed by atoms with Gasteiger partial charge in [-0.3, -0.25) is 0 Å². The number of fused-ring (bicyclic) bond motifs is 1. The third-order valence-corrected chi connectivity index (χ3v) is 3.07. The van der Waals surface area contributed by atoms with Crippen LogP contribution in [0.15, 0.2) is 24.3 Å². The van der Waals surface area contributed by atoms with Crippen molar-refractivity contribution in [3.05, 3.63) is 35.5 Å². The number of hydrogen-bond acceptors (Lipinski definition) is 2. The molecule has 0 aliphatic rings. The van der Waals surface area contributed by atoms with E-state index in [1.807, 2.05) is 12.1 Å². The summed E-state index contributed by atoms with van der Waals surface area (Å²) in [5, 5.41) is 1.22. The van der Waals surface area contributed by atoms with Crippen LogP contribution in [0.3, 0.4) is 0 Å². The zero-order valence-electron chi connectivity index (χ0n) is 9.20. The van der Waals surface area contributed by atoms with Crippen molar-refractivity contribution in [1.82, 2.24) is 4.57 Å². The molecule has 0 spiro atoms. The number of hydrogen-bond donors (Lipinski definition) is 2. The lowest BCUT2D eigenvalue weighted by atomic mass is 10.0. The van der Waals surface area contributed by atoms with Crippen molar-refractivity contribution in [2.45, 2.75) is 13.0 Å².